The predicted octanol–water partition coefficient (Wildman–Crippen LogP) is 20.9. The molecule has 0 aliphatic heterocycles. The number of aliphatic hydroxyl groups is 1. The van der Waals surface area contributed by atoms with Crippen LogP contribution in [0, 0.1) is 99.6 Å². The van der Waals surface area contributed by atoms with Crippen molar-refractivity contribution in [3.8, 4) is 0 Å². The van der Waals surface area contributed by atoms with E-state index < -0.39 is 10.1 Å². The van der Waals surface area contributed by atoms with E-state index in [1.165, 1.54) is 122 Å². The fourth-order valence-electron chi connectivity index (χ4n) is 19.3. The number of rotatable bonds is 19. The summed E-state index contributed by atoms with van der Waals surface area (Å²) in [5.74, 6) is 10.6. The lowest BCUT2D eigenvalue weighted by Crippen LogP contribution is -2.51. The van der Waals surface area contributed by atoms with Gasteiger partial charge in [0, 0.05) is 12.4 Å². The van der Waals surface area contributed by atoms with Crippen LogP contribution in [0.15, 0.2) is 83.1 Å². The van der Waals surface area contributed by atoms with Crippen LogP contribution in [0.3, 0.4) is 0 Å². The Morgan fingerprint density at radius 1 is 0.583 bits per heavy atom. The van der Waals surface area contributed by atoms with E-state index in [1.807, 2.05) is 25.1 Å². The summed E-state index contributed by atoms with van der Waals surface area (Å²) in [6, 6.07) is 12.5. The maximum absolute atomic E-state index is 12.5. The molecule has 6 fully saturated rings. The summed E-state index contributed by atoms with van der Waals surface area (Å²) < 4.78 is 42.4. The second-order valence-electron chi connectivity index (χ2n) is 29.0. The van der Waals surface area contributed by atoms with Gasteiger partial charge in [-0.05, 0) is 227 Å². The summed E-state index contributed by atoms with van der Waals surface area (Å²) in [5.41, 5.74) is 6.16. The van der Waals surface area contributed by atoms with Crippen molar-refractivity contribution < 1.29 is 27.2 Å². The Morgan fingerprint density at radius 2 is 1.02 bits per heavy atom. The molecule has 8 aliphatic rings. The monoisotopic (exact) mass is 1230 g/mol. The summed E-state index contributed by atoms with van der Waals surface area (Å²) in [6.45, 7) is 28.1. The average molecular weight is 1230 g/mol. The fourth-order valence-corrected chi connectivity index (χ4v) is 20.1. The molecule has 8 aliphatic carbocycles. The van der Waals surface area contributed by atoms with Gasteiger partial charge in [-0.2, -0.15) is 8.42 Å². The molecule has 0 spiro atoms. The van der Waals surface area contributed by atoms with Crippen LogP contribution >= 0.6 is 23.2 Å². The zero-order valence-corrected chi connectivity index (χ0v) is 55.0. The molecule has 1 N–H and O–H groups in total. The summed E-state index contributed by atoms with van der Waals surface area (Å²) in [6.07, 6.45) is 38.6. The van der Waals surface area contributed by atoms with E-state index in [0.29, 0.717) is 41.0 Å². The van der Waals surface area contributed by atoms with Gasteiger partial charge >= 0.3 is 0 Å². The lowest BCUT2D eigenvalue weighted by molar-refractivity contribution is -0.0658. The Balaban J connectivity index is 0.000000311. The van der Waals surface area contributed by atoms with Crippen LogP contribution in [0.1, 0.15) is 238 Å². The second kappa shape index (κ2) is 33.9. The Labute approximate surface area is 527 Å². The molecule has 16 atom stereocenters. The van der Waals surface area contributed by atoms with Gasteiger partial charge in [0.05, 0.1) is 48.9 Å². The molecule has 0 amide bonds. The van der Waals surface area contributed by atoms with Crippen molar-refractivity contribution in [1.29, 1.82) is 0 Å². The standard InChI is InChI=1S/C36H56O4S.C29H50O2.C5H5N.CH2Cl2.3CH4/c1-25(2)8-7-9-27(4)32-16-17-33-31-15-12-28-24-29(18-20-35(28,5)34(31)19-21-36(32,33)6)39-22-23-40-41(37,38)30-13-10-26(3)11-14-30;1-20(2)7-6-8-21(3)25-11-12-26-24-10-9-22-19-23(31-18-17-30)13-15-28(22,4)27(24)14-16-29(25,26)5;1-2-4-6-5-3-1;2-1-3;;;/h10-14,25,27,29,31-34H,7-9,15-24H2,1-6H3;9,20-21,23-27,30H,6-8,10-19H2,1-5H3;1-5H;1H2;3*1H4/t27-,29+,31+,32-,33+,34+,35+,36-;21-,23+,24+,25-,26+,27+,28+,29-;;;;;/m11...../s1. The van der Waals surface area contributed by atoms with Gasteiger partial charge in [0.1, 0.15) is 0 Å². The maximum atomic E-state index is 12.5. The van der Waals surface area contributed by atoms with Crippen molar-refractivity contribution in [3.05, 3.63) is 83.7 Å². The number of ether oxygens (including phenoxy) is 2. The third-order valence-corrected chi connectivity index (χ3v) is 24.8. The number of pyridine rings is 1. The number of halogens is 2. The van der Waals surface area contributed by atoms with E-state index in [-0.39, 0.29) is 51.8 Å². The van der Waals surface area contributed by atoms with Gasteiger partial charge in [0.25, 0.3) is 10.1 Å². The summed E-state index contributed by atoms with van der Waals surface area (Å²) >= 11 is 9.53. The van der Waals surface area contributed by atoms with Gasteiger partial charge in [0.15, 0.2) is 0 Å². The van der Waals surface area contributed by atoms with Crippen LogP contribution < -0.4 is 0 Å². The smallest absolute Gasteiger partial charge is 0.297 e. The molecule has 0 bridgehead atoms. The molecular weight excluding hydrogens is 1100 g/mol. The number of fused-ring (bicyclic) bond motifs is 10. The third kappa shape index (κ3) is 17.8. The number of benzene rings is 1. The molecule has 10 heteroatoms. The quantitative estimate of drug-likeness (QED) is 0.0648. The molecule has 2 aromatic rings. The first-order chi connectivity index (χ1) is 38.6. The molecule has 1 heterocycles. The van der Waals surface area contributed by atoms with Crippen molar-refractivity contribution in [2.75, 3.05) is 31.8 Å². The van der Waals surface area contributed by atoms with Crippen LogP contribution in [0.25, 0.3) is 0 Å². The highest BCUT2D eigenvalue weighted by molar-refractivity contribution is 7.86. The van der Waals surface area contributed by atoms with Gasteiger partial charge < -0.3 is 14.6 Å². The topological polar surface area (TPSA) is 95.0 Å². The van der Waals surface area contributed by atoms with Crippen LogP contribution in [-0.2, 0) is 23.8 Å². The number of nitrogens with zero attached hydrogens (tertiary/aromatic N) is 1. The first kappa shape index (κ1) is 74.7. The number of hydrogen-bond acceptors (Lipinski definition) is 7. The first-order valence-corrected chi connectivity index (χ1v) is 35.3. The van der Waals surface area contributed by atoms with Gasteiger partial charge in [-0.25, -0.2) is 0 Å². The molecule has 1 aromatic carbocycles. The first-order valence-electron chi connectivity index (χ1n) is 32.8. The van der Waals surface area contributed by atoms with Crippen molar-refractivity contribution >= 4 is 33.3 Å². The number of aliphatic hydroxyl groups excluding tert-OH is 1. The number of aryl methyl sites for hydroxylation is 1. The van der Waals surface area contributed by atoms with Gasteiger partial charge in [-0.3, -0.25) is 9.17 Å². The normalized spacial score (nSPS) is 34.2. The molecule has 482 valence electrons. The zero-order chi connectivity index (χ0) is 58.6. The second-order valence-corrected chi connectivity index (χ2v) is 31.4. The minimum absolute atomic E-state index is 0. The molecule has 6 saturated carbocycles. The van der Waals surface area contributed by atoms with Gasteiger partial charge in [0.2, 0.25) is 0 Å². The van der Waals surface area contributed by atoms with Crippen molar-refractivity contribution in [3.63, 3.8) is 0 Å². The van der Waals surface area contributed by atoms with E-state index in [4.69, 9.17) is 42.0 Å². The number of hydrogen-bond donors (Lipinski definition) is 1. The Morgan fingerprint density at radius 3 is 1.42 bits per heavy atom. The summed E-state index contributed by atoms with van der Waals surface area (Å²) in [7, 11) is -3.74. The van der Waals surface area contributed by atoms with Crippen molar-refractivity contribution in [1.82, 2.24) is 4.98 Å². The van der Waals surface area contributed by atoms with E-state index in [9.17, 15) is 8.42 Å². The summed E-state index contributed by atoms with van der Waals surface area (Å²) in [4.78, 5) is 3.99. The molecule has 0 saturated heterocycles. The third-order valence-electron chi connectivity index (χ3n) is 23.5. The molecule has 0 unspecified atom stereocenters. The van der Waals surface area contributed by atoms with E-state index in [0.717, 1.165) is 95.8 Å². The van der Waals surface area contributed by atoms with Crippen molar-refractivity contribution in [2.45, 2.75) is 257 Å². The minimum Gasteiger partial charge on any atom is -0.394 e. The predicted molar refractivity (Wildman–Crippen MR) is 358 cm³/mol. The van der Waals surface area contributed by atoms with Crippen LogP contribution in [0.5, 0.6) is 0 Å². The molecule has 10 rings (SSSR count). The van der Waals surface area contributed by atoms with Crippen LogP contribution in [0.4, 0.5) is 0 Å². The van der Waals surface area contributed by atoms with Crippen molar-refractivity contribution in [2.24, 2.45) is 92.7 Å². The lowest BCUT2D eigenvalue weighted by Gasteiger charge is -2.58. The SMILES string of the molecule is C.C.C.CC(C)CCC[C@@H](C)[C@H]1CC[C@H]2[C@@H]3CC=C4C[C@@H](OCCO)CC[C@]4(C)[C@H]3CC[C@]12C.Cc1ccc(S(=O)(=O)OCCO[C@H]2CC[C@@]3(C)C(=CC[C@H]4[C@@H]5CC[C@H]([C@H](C)CCCC(C)C)[C@@]5(C)CC[C@@H]43)C2)cc1.ClCCl.c1ccncc1. The minimum atomic E-state index is -3.74. The molecule has 1 aromatic heterocycles. The summed E-state index contributed by atoms with van der Waals surface area (Å²) in [5, 5.41) is 9.33. The van der Waals surface area contributed by atoms with E-state index in [1.54, 1.807) is 47.8 Å². The largest absolute Gasteiger partial charge is 0.394 e. The number of allylic oxidation sites excluding steroid dienone is 2. The molecule has 7 nitrogen and oxygen atoms in total. The number of aromatic nitrogens is 1. The van der Waals surface area contributed by atoms with E-state index >= 15 is 0 Å². The molecule has 0 radical (unpaired) electrons. The molecular formula is C74H125Cl2NO6S. The molecule has 84 heavy (non-hydrogen) atoms. The van der Waals surface area contributed by atoms with Crippen LogP contribution in [0.2, 0.25) is 0 Å². The highest BCUT2D eigenvalue weighted by Crippen LogP contribution is 2.69. The van der Waals surface area contributed by atoms with Crippen LogP contribution in [-0.4, -0.2) is 62.5 Å². The van der Waals surface area contributed by atoms with Gasteiger partial charge in [-0.1, -0.05) is 177 Å². The number of alkyl halides is 2. The van der Waals surface area contributed by atoms with Gasteiger partial charge in [-0.15, -0.1) is 23.2 Å². The zero-order valence-electron chi connectivity index (χ0n) is 52.6. The highest BCUT2D eigenvalue weighted by Gasteiger charge is 2.61. The highest BCUT2D eigenvalue weighted by atomic mass is 35.5. The Hall–Kier alpha value is -1.78. The van der Waals surface area contributed by atoms with E-state index in [2.05, 4.69) is 86.4 Å². The fraction of sp³-hybridized carbons (Fsp3) is 0.797. The Bertz CT molecular complexity index is 2350. The maximum Gasteiger partial charge on any atom is 0.297 e. The Kier molecular flexibility index (Phi) is 30.1. The average Bonchev–Trinajstić information content (AvgIpc) is 2.13. The lowest BCUT2D eigenvalue weighted by atomic mass is 9.47.